The van der Waals surface area contributed by atoms with E-state index in [0.29, 0.717) is 17.7 Å². The Hall–Kier alpha value is -3.41. The number of phenolic OH excluding ortho intramolecular Hbond substituents is 1. The van der Waals surface area contributed by atoms with Gasteiger partial charge in [-0.25, -0.2) is 0 Å². The molecule has 1 aromatic carbocycles. The molecule has 0 bridgehead atoms. The number of primary amides is 1. The number of carbonyl (C=O) groups is 3. The van der Waals surface area contributed by atoms with Crippen molar-refractivity contribution in [2.24, 2.45) is 17.6 Å². The van der Waals surface area contributed by atoms with E-state index in [1.165, 1.54) is 4.90 Å². The molecular weight excluding hydrogens is 492 g/mol. The maximum atomic E-state index is 14.0. The summed E-state index contributed by atoms with van der Waals surface area (Å²) in [5, 5.41) is 48.4. The molecule has 7 N–H and O–H groups in total. The van der Waals surface area contributed by atoms with Crippen LogP contribution >= 0.6 is 0 Å². The Balaban J connectivity index is 1.95. The van der Waals surface area contributed by atoms with Gasteiger partial charge in [-0.2, -0.15) is 0 Å². The van der Waals surface area contributed by atoms with Gasteiger partial charge in [0.2, 0.25) is 5.78 Å². The number of phenols is 1. The Morgan fingerprint density at radius 1 is 1.18 bits per heavy atom. The van der Waals surface area contributed by atoms with E-state index in [-0.39, 0.29) is 35.8 Å². The zero-order valence-electron chi connectivity index (χ0n) is 22.5. The highest BCUT2D eigenvalue weighted by Crippen LogP contribution is 2.53. The number of Topliss-reactive ketones (excluding diaryl/α,β-unsaturated/α-hetero) is 2. The molecule has 3 aliphatic carbocycles. The highest BCUT2D eigenvalue weighted by Gasteiger charge is 2.63. The second kappa shape index (κ2) is 9.40. The lowest BCUT2D eigenvalue weighted by atomic mass is 9.58. The standard InChI is InChI=1S/C27H36N4O7/c1-11(2)29-10-13-9-16(30(3)4)14-7-12-8-15-20(31(5)6)23(34)19(26(28)37)25(36)27(15,38)24(35)17(12)22(33)18(14)21(13)32/h9,11-12,15,20,29,32,34-35,38H,7-8,10H2,1-6H3,(H2,28,37)/t12-,15-,20+,27-/m0/s1. The van der Waals surface area contributed by atoms with Crippen molar-refractivity contribution < 1.29 is 34.8 Å². The van der Waals surface area contributed by atoms with Crippen LogP contribution in [0, 0.1) is 11.8 Å². The minimum atomic E-state index is -2.65. The minimum absolute atomic E-state index is 0.0116. The van der Waals surface area contributed by atoms with Gasteiger partial charge in [0.25, 0.3) is 5.91 Å². The zero-order chi connectivity index (χ0) is 28.4. The molecule has 0 saturated carbocycles. The van der Waals surface area contributed by atoms with E-state index < -0.39 is 58.0 Å². The first-order valence-corrected chi connectivity index (χ1v) is 12.6. The summed E-state index contributed by atoms with van der Waals surface area (Å²) in [6, 6.07) is 0.924. The van der Waals surface area contributed by atoms with Crippen molar-refractivity contribution >= 4 is 23.2 Å². The molecule has 206 valence electrons. The first-order valence-electron chi connectivity index (χ1n) is 12.6. The lowest BCUT2D eigenvalue weighted by Gasteiger charge is -2.50. The van der Waals surface area contributed by atoms with Crippen LogP contribution in [0.2, 0.25) is 0 Å². The SMILES string of the molecule is CC(C)NCc1cc(N(C)C)c2c(c1O)C(=O)C1=C(O)[C@]3(O)C(=O)C(C(N)=O)=C(O)[C@H](N(C)C)[C@@H]3C[C@@H]1C2. The smallest absolute Gasteiger partial charge is 0.255 e. The second-order valence-electron chi connectivity index (χ2n) is 11.2. The molecular formula is C27H36N4O7. The highest BCUT2D eigenvalue weighted by molar-refractivity contribution is 6.24. The van der Waals surface area contributed by atoms with E-state index in [2.05, 4.69) is 5.32 Å². The number of aliphatic hydroxyl groups is 3. The Bertz CT molecular complexity index is 1300. The lowest BCUT2D eigenvalue weighted by Crippen LogP contribution is -2.63. The number of ketones is 2. The number of nitrogens with two attached hydrogens (primary N) is 1. The number of aromatic hydroxyl groups is 1. The Kier molecular flexibility index (Phi) is 6.84. The maximum absolute atomic E-state index is 14.0. The van der Waals surface area contributed by atoms with Gasteiger partial charge in [0, 0.05) is 49.4 Å². The molecule has 0 unspecified atom stereocenters. The number of aliphatic hydroxyl groups excluding tert-OH is 2. The van der Waals surface area contributed by atoms with E-state index in [0.717, 1.165) is 5.69 Å². The van der Waals surface area contributed by atoms with Gasteiger partial charge < -0.3 is 36.4 Å². The number of likely N-dealkylation sites (N-methyl/N-ethyl adjacent to an activating group) is 1. The number of fused-ring (bicyclic) bond motifs is 3. The monoisotopic (exact) mass is 528 g/mol. The minimum Gasteiger partial charge on any atom is -0.510 e. The van der Waals surface area contributed by atoms with Gasteiger partial charge in [-0.3, -0.25) is 19.3 Å². The molecule has 11 nitrogen and oxygen atoms in total. The molecule has 0 saturated heterocycles. The van der Waals surface area contributed by atoms with Crippen molar-refractivity contribution in [2.45, 2.75) is 50.9 Å². The first kappa shape index (κ1) is 27.6. The second-order valence-corrected chi connectivity index (χ2v) is 11.2. The van der Waals surface area contributed by atoms with Crippen LogP contribution in [0.25, 0.3) is 0 Å². The number of amides is 1. The average molecular weight is 529 g/mol. The van der Waals surface area contributed by atoms with Crippen molar-refractivity contribution in [2.75, 3.05) is 33.1 Å². The van der Waals surface area contributed by atoms with Gasteiger partial charge >= 0.3 is 0 Å². The maximum Gasteiger partial charge on any atom is 0.255 e. The van der Waals surface area contributed by atoms with Gasteiger partial charge in [-0.15, -0.1) is 0 Å². The van der Waals surface area contributed by atoms with E-state index in [1.807, 2.05) is 38.9 Å². The van der Waals surface area contributed by atoms with Crippen molar-refractivity contribution in [3.05, 3.63) is 45.4 Å². The third-order valence-electron chi connectivity index (χ3n) is 7.96. The topological polar surface area (TPSA) is 177 Å². The van der Waals surface area contributed by atoms with Crippen molar-refractivity contribution in [1.82, 2.24) is 10.2 Å². The Morgan fingerprint density at radius 2 is 1.82 bits per heavy atom. The third kappa shape index (κ3) is 3.88. The van der Waals surface area contributed by atoms with Gasteiger partial charge in [0.1, 0.15) is 22.8 Å². The predicted octanol–water partition coefficient (Wildman–Crippen LogP) is 0.685. The number of anilines is 1. The number of rotatable bonds is 6. The number of hydrogen-bond donors (Lipinski definition) is 6. The number of carbonyl (C=O) groups excluding carboxylic acids is 3. The van der Waals surface area contributed by atoms with Crippen molar-refractivity contribution in [3.8, 4) is 5.75 Å². The fourth-order valence-corrected chi connectivity index (χ4v) is 6.20. The number of benzene rings is 1. The van der Waals surface area contributed by atoms with E-state index in [4.69, 9.17) is 5.73 Å². The molecule has 0 radical (unpaired) electrons. The summed E-state index contributed by atoms with van der Waals surface area (Å²) in [6.07, 6.45) is 0.295. The quantitative estimate of drug-likeness (QED) is 0.288. The first-order chi connectivity index (χ1) is 17.6. The van der Waals surface area contributed by atoms with Crippen LogP contribution in [-0.4, -0.2) is 88.7 Å². The number of hydrogen-bond acceptors (Lipinski definition) is 10. The lowest BCUT2D eigenvalue weighted by molar-refractivity contribution is -0.148. The summed E-state index contributed by atoms with van der Waals surface area (Å²) in [7, 11) is 6.86. The Labute approximate surface area is 221 Å². The van der Waals surface area contributed by atoms with Gasteiger partial charge in [0.05, 0.1) is 11.6 Å². The molecule has 0 aliphatic heterocycles. The number of allylic oxidation sites excluding steroid dienone is 1. The molecule has 0 aromatic heterocycles. The van der Waals surface area contributed by atoms with Crippen LogP contribution < -0.4 is 16.0 Å². The van der Waals surface area contributed by atoms with E-state index in [9.17, 15) is 34.8 Å². The fraction of sp³-hybridized carbons (Fsp3) is 0.519. The van der Waals surface area contributed by atoms with Crippen LogP contribution in [0.15, 0.2) is 28.7 Å². The molecule has 4 atom stereocenters. The largest absolute Gasteiger partial charge is 0.510 e. The van der Waals surface area contributed by atoms with Gasteiger partial charge in [0.15, 0.2) is 11.4 Å². The summed E-state index contributed by atoms with van der Waals surface area (Å²) in [6.45, 7) is 4.20. The average Bonchev–Trinajstić information content (AvgIpc) is 2.80. The predicted molar refractivity (Wildman–Crippen MR) is 140 cm³/mol. The molecule has 1 amide bonds. The van der Waals surface area contributed by atoms with Crippen molar-refractivity contribution in [3.63, 3.8) is 0 Å². The van der Waals surface area contributed by atoms with Crippen LogP contribution in [0.5, 0.6) is 5.75 Å². The summed E-state index contributed by atoms with van der Waals surface area (Å²) < 4.78 is 0. The third-order valence-corrected chi connectivity index (χ3v) is 7.96. The molecule has 0 heterocycles. The highest BCUT2D eigenvalue weighted by atomic mass is 16.3. The van der Waals surface area contributed by atoms with Gasteiger partial charge in [-0.1, -0.05) is 13.8 Å². The Morgan fingerprint density at radius 3 is 2.34 bits per heavy atom. The fourth-order valence-electron chi connectivity index (χ4n) is 6.20. The van der Waals surface area contributed by atoms with Crippen LogP contribution in [0.3, 0.4) is 0 Å². The van der Waals surface area contributed by atoms with E-state index in [1.54, 1.807) is 14.1 Å². The van der Waals surface area contributed by atoms with Crippen LogP contribution in [0.1, 0.15) is 41.8 Å². The summed E-state index contributed by atoms with van der Waals surface area (Å²) in [5.41, 5.74) is 3.56. The van der Waals surface area contributed by atoms with Gasteiger partial charge in [-0.05, 0) is 44.5 Å². The molecule has 4 rings (SSSR count). The summed E-state index contributed by atoms with van der Waals surface area (Å²) in [5.74, 6) is -6.54. The molecule has 0 fully saturated rings. The molecule has 1 aromatic rings. The van der Waals surface area contributed by atoms with E-state index >= 15 is 0 Å². The van der Waals surface area contributed by atoms with Crippen LogP contribution in [-0.2, 0) is 22.6 Å². The molecule has 3 aliphatic rings. The normalized spacial score (nSPS) is 27.0. The number of nitrogens with one attached hydrogen (secondary N) is 1. The molecule has 0 spiro atoms. The zero-order valence-corrected chi connectivity index (χ0v) is 22.5. The number of nitrogens with zero attached hydrogens (tertiary/aromatic N) is 2. The summed E-state index contributed by atoms with van der Waals surface area (Å²) >= 11 is 0. The molecule has 38 heavy (non-hydrogen) atoms. The molecule has 11 heteroatoms. The summed E-state index contributed by atoms with van der Waals surface area (Å²) in [4.78, 5) is 42.9. The van der Waals surface area contributed by atoms with Crippen LogP contribution in [0.4, 0.5) is 5.69 Å². The van der Waals surface area contributed by atoms with Crippen molar-refractivity contribution in [1.29, 1.82) is 0 Å².